The molecule has 0 saturated carbocycles. The first-order valence-corrected chi connectivity index (χ1v) is 9.00. The van der Waals surface area contributed by atoms with Gasteiger partial charge in [0.05, 0.1) is 17.6 Å². The summed E-state index contributed by atoms with van der Waals surface area (Å²) >= 11 is 5.37. The molecule has 2 heterocycles. The zero-order chi connectivity index (χ0) is 18.8. The summed E-state index contributed by atoms with van der Waals surface area (Å²) in [7, 11) is 0. The molecule has 4 rings (SSSR count). The first-order valence-electron chi connectivity index (χ1n) is 8.59. The molecule has 2 aromatic carbocycles. The van der Waals surface area contributed by atoms with Crippen molar-refractivity contribution < 1.29 is 4.79 Å². The van der Waals surface area contributed by atoms with Gasteiger partial charge in [-0.25, -0.2) is 0 Å². The minimum absolute atomic E-state index is 0.206. The highest BCUT2D eigenvalue weighted by molar-refractivity contribution is 7.80. The summed E-state index contributed by atoms with van der Waals surface area (Å²) in [6.07, 6.45) is 4.16. The SMILES string of the molecule is CCc1cccc(N2C(=O)/C(=C/c3cnn(-c4ccccc4)n3)NC2=S)c1. The van der Waals surface area contributed by atoms with Crippen LogP contribution in [0.15, 0.2) is 66.5 Å². The quantitative estimate of drug-likeness (QED) is 0.561. The van der Waals surface area contributed by atoms with E-state index in [2.05, 4.69) is 22.4 Å². The summed E-state index contributed by atoms with van der Waals surface area (Å²) < 4.78 is 0. The van der Waals surface area contributed by atoms with Crippen LogP contribution >= 0.6 is 12.2 Å². The van der Waals surface area contributed by atoms with Crippen molar-refractivity contribution in [3.05, 3.63) is 77.7 Å². The molecule has 6 nitrogen and oxygen atoms in total. The van der Waals surface area contributed by atoms with Crippen LogP contribution in [0.5, 0.6) is 0 Å². The van der Waals surface area contributed by atoms with Gasteiger partial charge in [0, 0.05) is 0 Å². The first kappa shape index (κ1) is 17.1. The number of rotatable bonds is 4. The Morgan fingerprint density at radius 1 is 1.11 bits per heavy atom. The first-order chi connectivity index (χ1) is 13.2. The number of amides is 1. The number of carbonyl (C=O) groups is 1. The third-order valence-electron chi connectivity index (χ3n) is 4.24. The smallest absolute Gasteiger partial charge is 0.281 e. The van der Waals surface area contributed by atoms with Crippen LogP contribution in [-0.2, 0) is 11.2 Å². The molecule has 1 aliphatic heterocycles. The Bertz CT molecular complexity index is 1040. The van der Waals surface area contributed by atoms with E-state index in [1.165, 1.54) is 9.70 Å². The number of anilines is 1. The van der Waals surface area contributed by atoms with Crippen LogP contribution in [0.25, 0.3) is 11.8 Å². The average molecular weight is 375 g/mol. The molecule has 27 heavy (non-hydrogen) atoms. The van der Waals surface area contributed by atoms with E-state index in [1.54, 1.807) is 12.3 Å². The summed E-state index contributed by atoms with van der Waals surface area (Å²) in [5.74, 6) is -0.206. The molecule has 1 N–H and O–H groups in total. The van der Waals surface area contributed by atoms with Crippen LogP contribution in [0.4, 0.5) is 5.69 Å². The van der Waals surface area contributed by atoms with Crippen molar-refractivity contribution in [1.82, 2.24) is 20.3 Å². The summed E-state index contributed by atoms with van der Waals surface area (Å²) in [5, 5.41) is 12.0. The van der Waals surface area contributed by atoms with Crippen molar-refractivity contribution in [2.75, 3.05) is 4.90 Å². The van der Waals surface area contributed by atoms with E-state index >= 15 is 0 Å². The molecule has 1 aliphatic rings. The number of para-hydroxylation sites is 1. The maximum atomic E-state index is 12.8. The maximum Gasteiger partial charge on any atom is 0.281 e. The van der Waals surface area contributed by atoms with Gasteiger partial charge in [0.25, 0.3) is 5.91 Å². The number of nitrogens with zero attached hydrogens (tertiary/aromatic N) is 4. The number of hydrogen-bond donors (Lipinski definition) is 1. The zero-order valence-electron chi connectivity index (χ0n) is 14.7. The average Bonchev–Trinajstić information content (AvgIpc) is 3.27. The zero-order valence-corrected chi connectivity index (χ0v) is 15.5. The number of carbonyl (C=O) groups excluding carboxylic acids is 1. The molecule has 134 valence electrons. The normalized spacial score (nSPS) is 15.4. The maximum absolute atomic E-state index is 12.8. The minimum Gasteiger partial charge on any atom is -0.327 e. The van der Waals surface area contributed by atoms with Crippen molar-refractivity contribution in [2.24, 2.45) is 0 Å². The van der Waals surface area contributed by atoms with Crippen LogP contribution in [-0.4, -0.2) is 26.0 Å². The molecule has 0 unspecified atom stereocenters. The van der Waals surface area contributed by atoms with Crippen molar-refractivity contribution in [3.63, 3.8) is 0 Å². The number of hydrogen-bond acceptors (Lipinski definition) is 4. The topological polar surface area (TPSA) is 63.1 Å². The van der Waals surface area contributed by atoms with Gasteiger partial charge >= 0.3 is 0 Å². The van der Waals surface area contributed by atoms with Gasteiger partial charge in [-0.05, 0) is 54.5 Å². The number of benzene rings is 2. The van der Waals surface area contributed by atoms with Crippen molar-refractivity contribution >= 4 is 35.0 Å². The van der Waals surface area contributed by atoms with E-state index in [0.29, 0.717) is 16.5 Å². The van der Waals surface area contributed by atoms with Gasteiger partial charge in [-0.15, -0.1) is 5.10 Å². The molecule has 0 atom stereocenters. The van der Waals surface area contributed by atoms with E-state index in [4.69, 9.17) is 12.2 Å². The second kappa shape index (κ2) is 7.13. The van der Waals surface area contributed by atoms with Gasteiger partial charge in [-0.1, -0.05) is 37.3 Å². The fraction of sp³-hybridized carbons (Fsp3) is 0.100. The molecule has 0 bridgehead atoms. The number of aryl methyl sites for hydroxylation is 1. The Morgan fingerprint density at radius 2 is 1.89 bits per heavy atom. The largest absolute Gasteiger partial charge is 0.327 e. The fourth-order valence-corrected chi connectivity index (χ4v) is 3.16. The lowest BCUT2D eigenvalue weighted by Gasteiger charge is -2.14. The van der Waals surface area contributed by atoms with E-state index in [-0.39, 0.29) is 5.91 Å². The fourth-order valence-electron chi connectivity index (χ4n) is 2.86. The highest BCUT2D eigenvalue weighted by Crippen LogP contribution is 2.23. The van der Waals surface area contributed by atoms with E-state index in [0.717, 1.165) is 23.4 Å². The Labute approximate surface area is 162 Å². The number of nitrogens with one attached hydrogen (secondary N) is 1. The Kier molecular flexibility index (Phi) is 4.52. The van der Waals surface area contributed by atoms with Crippen LogP contribution in [0, 0.1) is 0 Å². The highest BCUT2D eigenvalue weighted by Gasteiger charge is 2.32. The lowest BCUT2D eigenvalue weighted by molar-refractivity contribution is -0.113. The monoisotopic (exact) mass is 375 g/mol. The molecular formula is C20H17N5OS. The molecule has 1 fully saturated rings. The van der Waals surface area contributed by atoms with Crippen molar-refractivity contribution in [3.8, 4) is 5.69 Å². The molecule has 0 aliphatic carbocycles. The third kappa shape index (κ3) is 3.37. The van der Waals surface area contributed by atoms with E-state index in [9.17, 15) is 4.79 Å². The summed E-state index contributed by atoms with van der Waals surface area (Å²) in [6, 6.07) is 17.4. The molecule has 1 aromatic heterocycles. The molecule has 1 amide bonds. The van der Waals surface area contributed by atoms with Crippen molar-refractivity contribution in [2.45, 2.75) is 13.3 Å². The van der Waals surface area contributed by atoms with Gasteiger partial charge in [0.15, 0.2) is 5.11 Å². The summed E-state index contributed by atoms with van der Waals surface area (Å²) in [6.45, 7) is 2.07. The van der Waals surface area contributed by atoms with Crippen LogP contribution in [0.3, 0.4) is 0 Å². The number of thiocarbonyl (C=S) groups is 1. The van der Waals surface area contributed by atoms with Gasteiger partial charge in [0.1, 0.15) is 11.4 Å². The number of aromatic nitrogens is 3. The Balaban J connectivity index is 1.61. The Hall–Kier alpha value is -3.32. The summed E-state index contributed by atoms with van der Waals surface area (Å²) in [4.78, 5) is 15.9. The van der Waals surface area contributed by atoms with E-state index < -0.39 is 0 Å². The predicted molar refractivity (Wildman–Crippen MR) is 108 cm³/mol. The lowest BCUT2D eigenvalue weighted by atomic mass is 10.1. The standard InChI is InChI=1S/C20H17N5OS/c1-2-14-7-6-10-17(11-14)24-19(26)18(22-20(24)27)12-15-13-21-25(23-15)16-8-4-3-5-9-16/h3-13H,2H2,1H3,(H,22,27)/b18-12-. The van der Waals surface area contributed by atoms with Gasteiger partial charge in [-0.3, -0.25) is 9.69 Å². The molecule has 0 spiro atoms. The molecule has 7 heteroatoms. The lowest BCUT2D eigenvalue weighted by Crippen LogP contribution is -2.30. The second-order valence-corrected chi connectivity index (χ2v) is 6.43. The van der Waals surface area contributed by atoms with Crippen LogP contribution < -0.4 is 10.2 Å². The van der Waals surface area contributed by atoms with Crippen molar-refractivity contribution in [1.29, 1.82) is 0 Å². The second-order valence-electron chi connectivity index (χ2n) is 6.05. The van der Waals surface area contributed by atoms with Gasteiger partial charge in [-0.2, -0.15) is 9.90 Å². The van der Waals surface area contributed by atoms with Gasteiger partial charge < -0.3 is 5.32 Å². The minimum atomic E-state index is -0.206. The molecule has 3 aromatic rings. The molecule has 1 saturated heterocycles. The predicted octanol–water partition coefficient (Wildman–Crippen LogP) is 3.09. The third-order valence-corrected chi connectivity index (χ3v) is 4.53. The molecule has 0 radical (unpaired) electrons. The van der Waals surface area contributed by atoms with Crippen LogP contribution in [0.1, 0.15) is 18.2 Å². The molecular weight excluding hydrogens is 358 g/mol. The van der Waals surface area contributed by atoms with Crippen LogP contribution in [0.2, 0.25) is 0 Å². The highest BCUT2D eigenvalue weighted by atomic mass is 32.1. The Morgan fingerprint density at radius 3 is 2.67 bits per heavy atom. The summed E-state index contributed by atoms with van der Waals surface area (Å²) in [5.41, 5.74) is 3.70. The van der Waals surface area contributed by atoms with E-state index in [1.807, 2.05) is 54.6 Å². The van der Waals surface area contributed by atoms with Gasteiger partial charge in [0.2, 0.25) is 0 Å².